The fourth-order valence-corrected chi connectivity index (χ4v) is 97.2. The topological polar surface area (TPSA) is 52.6 Å². The molecule has 0 bridgehead atoms. The molecule has 0 N–H and O–H groups in total. The molecular formula is C17H36O4Si4. The number of rotatable bonds is 9. The maximum absolute atomic E-state index is 12.9. The van der Waals surface area contributed by atoms with Crippen molar-refractivity contribution in [1.29, 1.82) is 0 Å². The second kappa shape index (κ2) is 8.32. The number of carbonyl (C=O) groups is 2. The zero-order valence-electron chi connectivity index (χ0n) is 17.5. The lowest BCUT2D eigenvalue weighted by molar-refractivity contribution is -0.143. The largest absolute Gasteiger partial charge is 0.524 e. The summed E-state index contributed by atoms with van der Waals surface area (Å²) in [5, 5.41) is 0. The normalized spacial score (nSPS) is 13.2. The summed E-state index contributed by atoms with van der Waals surface area (Å²) in [6, 6.07) is 0. The molecule has 0 amide bonds. The Morgan fingerprint density at radius 3 is 1.60 bits per heavy atom. The van der Waals surface area contributed by atoms with Crippen molar-refractivity contribution in [3.05, 3.63) is 24.8 Å². The molecule has 0 saturated carbocycles. The van der Waals surface area contributed by atoms with Crippen molar-refractivity contribution in [2.45, 2.75) is 65.3 Å². The molecule has 0 aliphatic carbocycles. The van der Waals surface area contributed by atoms with E-state index in [9.17, 15) is 9.59 Å². The minimum Gasteiger partial charge on any atom is -0.524 e. The number of hydrogen-bond acceptors (Lipinski definition) is 4. The Morgan fingerprint density at radius 1 is 0.880 bits per heavy atom. The van der Waals surface area contributed by atoms with Crippen LogP contribution in [-0.4, -0.2) is 48.2 Å². The molecule has 0 saturated heterocycles. The van der Waals surface area contributed by atoms with Gasteiger partial charge in [-0.05, 0) is 0 Å². The molecular weight excluding hydrogens is 381 g/mol. The average molecular weight is 417 g/mol. The molecule has 0 spiro atoms. The third kappa shape index (κ3) is 5.63. The molecule has 0 fully saturated rings. The Bertz CT molecular complexity index is 500. The van der Waals surface area contributed by atoms with E-state index in [1.165, 1.54) is 6.08 Å². The molecule has 0 aliphatic heterocycles. The lowest BCUT2D eigenvalue weighted by atomic mass is 10.2. The average Bonchev–Trinajstić information content (AvgIpc) is 2.37. The third-order valence-corrected chi connectivity index (χ3v) is 71.7. The predicted octanol–water partition coefficient (Wildman–Crippen LogP) is 4.40. The quantitative estimate of drug-likeness (QED) is 0.242. The minimum absolute atomic E-state index is 0.125. The molecule has 0 radical (unpaired) electrons. The van der Waals surface area contributed by atoms with Gasteiger partial charge in [0, 0.05) is 5.57 Å². The van der Waals surface area contributed by atoms with Gasteiger partial charge in [-0.2, -0.15) is 0 Å². The van der Waals surface area contributed by atoms with Crippen molar-refractivity contribution in [2.24, 2.45) is 0 Å². The van der Waals surface area contributed by atoms with E-state index in [1.807, 2.05) is 0 Å². The summed E-state index contributed by atoms with van der Waals surface area (Å²) in [6.45, 7) is 26.2. The standard InChI is InChI=1S/C17H36O4Si4/c1-12-13-20-16(18)14-15(2)17(19)21-25(22(3,4)5,23(6,7)8)24(9,10)11/h12H,1-2,13-14H2,3-11H3. The van der Waals surface area contributed by atoms with Gasteiger partial charge in [0.05, 0.1) is 29.2 Å². The third-order valence-electron chi connectivity index (χ3n) is 4.42. The summed E-state index contributed by atoms with van der Waals surface area (Å²) in [6.07, 6.45) is 1.37. The van der Waals surface area contributed by atoms with Crippen LogP contribution >= 0.6 is 0 Å². The molecule has 144 valence electrons. The lowest BCUT2D eigenvalue weighted by Gasteiger charge is -2.55. The maximum Gasteiger partial charge on any atom is 0.320 e. The van der Waals surface area contributed by atoms with Crippen LogP contribution in [0.4, 0.5) is 0 Å². The summed E-state index contributed by atoms with van der Waals surface area (Å²) >= 11 is 0. The van der Waals surface area contributed by atoms with Gasteiger partial charge < -0.3 is 9.16 Å². The van der Waals surface area contributed by atoms with Crippen molar-refractivity contribution >= 4 is 41.6 Å². The van der Waals surface area contributed by atoms with Gasteiger partial charge in [-0.1, -0.05) is 78.2 Å². The molecule has 25 heavy (non-hydrogen) atoms. The molecule has 0 atom stereocenters. The van der Waals surface area contributed by atoms with Gasteiger partial charge in [-0.15, -0.1) is 0 Å². The van der Waals surface area contributed by atoms with Crippen LogP contribution in [-0.2, 0) is 18.8 Å². The van der Waals surface area contributed by atoms with Crippen LogP contribution in [0.3, 0.4) is 0 Å². The molecule has 0 aromatic carbocycles. The minimum atomic E-state index is -2.26. The molecule has 0 rings (SSSR count). The second-order valence-corrected chi connectivity index (χ2v) is 49.0. The van der Waals surface area contributed by atoms with Crippen LogP contribution in [0.15, 0.2) is 24.8 Å². The van der Waals surface area contributed by atoms with Gasteiger partial charge in [-0.3, -0.25) is 4.79 Å². The first-order valence-corrected chi connectivity index (χ1v) is 24.1. The van der Waals surface area contributed by atoms with Gasteiger partial charge >= 0.3 is 11.9 Å². The highest BCUT2D eigenvalue weighted by Crippen LogP contribution is 2.38. The first kappa shape index (κ1) is 24.3. The lowest BCUT2D eigenvalue weighted by Crippen LogP contribution is -2.84. The number of hydrogen-bond donors (Lipinski definition) is 0. The molecule has 4 nitrogen and oxygen atoms in total. The Morgan fingerprint density at radius 2 is 1.28 bits per heavy atom. The highest BCUT2D eigenvalue weighted by molar-refractivity contribution is 7.87. The first-order chi connectivity index (χ1) is 11.0. The Kier molecular flexibility index (Phi) is 8.08. The van der Waals surface area contributed by atoms with Gasteiger partial charge in [0.2, 0.25) is 6.87 Å². The summed E-state index contributed by atoms with van der Waals surface area (Å²) in [4.78, 5) is 24.6. The highest BCUT2D eigenvalue weighted by Gasteiger charge is 2.66. The summed E-state index contributed by atoms with van der Waals surface area (Å²) in [5.41, 5.74) is 0.195. The summed E-state index contributed by atoms with van der Waals surface area (Å²) in [5.74, 6) is -0.863. The van der Waals surface area contributed by atoms with E-state index >= 15 is 0 Å². The maximum atomic E-state index is 12.9. The van der Waals surface area contributed by atoms with Crippen LogP contribution < -0.4 is 0 Å². The predicted molar refractivity (Wildman–Crippen MR) is 117 cm³/mol. The Labute approximate surface area is 157 Å². The van der Waals surface area contributed by atoms with Crippen molar-refractivity contribution in [3.8, 4) is 0 Å². The number of esters is 1. The monoisotopic (exact) mass is 416 g/mol. The van der Waals surface area contributed by atoms with Crippen LogP contribution in [0.5, 0.6) is 0 Å². The van der Waals surface area contributed by atoms with Crippen LogP contribution in [0.1, 0.15) is 6.42 Å². The number of carbonyl (C=O) groups excluding carboxylic acids is 2. The molecule has 8 heteroatoms. The van der Waals surface area contributed by atoms with E-state index in [2.05, 4.69) is 72.1 Å². The van der Waals surface area contributed by atoms with Gasteiger partial charge in [0.25, 0.3) is 0 Å². The molecule has 0 heterocycles. The van der Waals surface area contributed by atoms with E-state index in [0.717, 1.165) is 0 Å². The Balaban J connectivity index is 5.69. The molecule has 0 aromatic heterocycles. The van der Waals surface area contributed by atoms with E-state index in [-0.39, 0.29) is 18.6 Å². The van der Waals surface area contributed by atoms with Crippen LogP contribution in [0.2, 0.25) is 58.9 Å². The van der Waals surface area contributed by atoms with Gasteiger partial charge in [0.1, 0.15) is 6.61 Å². The molecule has 0 unspecified atom stereocenters. The summed E-state index contributed by atoms with van der Waals surface area (Å²) in [7, 11) is -5.19. The zero-order valence-corrected chi connectivity index (χ0v) is 21.5. The van der Waals surface area contributed by atoms with E-state index in [0.29, 0.717) is 0 Å². The highest BCUT2D eigenvalue weighted by atomic mass is 29.9. The number of ether oxygens (including phenoxy) is 1. The Hall–Kier alpha value is -0.712. The van der Waals surface area contributed by atoms with Crippen LogP contribution in [0.25, 0.3) is 0 Å². The SMILES string of the molecule is C=CCOC(=O)CC(=C)C(=O)O[Si]([Si](C)(C)C)([Si](C)(C)C)[Si](C)(C)C. The fourth-order valence-electron chi connectivity index (χ4n) is 4.49. The van der Waals surface area contributed by atoms with Crippen molar-refractivity contribution in [3.63, 3.8) is 0 Å². The molecule has 0 aromatic rings. The van der Waals surface area contributed by atoms with Gasteiger partial charge in [-0.25, -0.2) is 4.79 Å². The van der Waals surface area contributed by atoms with E-state index in [4.69, 9.17) is 9.16 Å². The van der Waals surface area contributed by atoms with Crippen molar-refractivity contribution < 1.29 is 18.8 Å². The molecule has 0 aliphatic rings. The van der Waals surface area contributed by atoms with E-state index < -0.39 is 41.6 Å². The smallest absolute Gasteiger partial charge is 0.320 e. The summed E-state index contributed by atoms with van der Waals surface area (Å²) < 4.78 is 11.4. The fraction of sp³-hybridized carbons (Fsp3) is 0.647. The van der Waals surface area contributed by atoms with Crippen molar-refractivity contribution in [2.75, 3.05) is 6.61 Å². The van der Waals surface area contributed by atoms with Crippen molar-refractivity contribution in [1.82, 2.24) is 0 Å². The second-order valence-electron chi connectivity index (χ2n) is 9.57. The van der Waals surface area contributed by atoms with Crippen LogP contribution in [0, 0.1) is 0 Å². The van der Waals surface area contributed by atoms with Gasteiger partial charge in [0.15, 0.2) is 0 Å². The zero-order chi connectivity index (χ0) is 20.3. The van der Waals surface area contributed by atoms with E-state index in [1.54, 1.807) is 0 Å². The first-order valence-electron chi connectivity index (χ1n) is 8.69.